The van der Waals surface area contributed by atoms with Gasteiger partial charge in [0.05, 0.1) is 10.6 Å². The van der Waals surface area contributed by atoms with Crippen LogP contribution < -0.4 is 9.62 Å². The van der Waals surface area contributed by atoms with Crippen molar-refractivity contribution in [1.29, 1.82) is 0 Å². The maximum absolute atomic E-state index is 13.0. The third-order valence-corrected chi connectivity index (χ3v) is 7.01. The number of hydrogen-bond acceptors (Lipinski definition) is 4. The molecule has 0 radical (unpaired) electrons. The molecule has 1 heterocycles. The minimum atomic E-state index is -3.68. The summed E-state index contributed by atoms with van der Waals surface area (Å²) in [6.07, 6.45) is 1.86. The molecule has 1 amide bonds. The molecule has 7 heteroatoms. The molecule has 150 valence electrons. The summed E-state index contributed by atoms with van der Waals surface area (Å²) < 4.78 is 27.4. The maximum atomic E-state index is 13.0. The number of rotatable bonds is 6. The topological polar surface area (TPSA) is 69.7 Å². The first-order chi connectivity index (χ1) is 13.4. The predicted molar refractivity (Wildman–Crippen MR) is 111 cm³/mol. The minimum Gasteiger partial charge on any atom is -0.349 e. The van der Waals surface area contributed by atoms with Gasteiger partial charge < -0.3 is 10.2 Å². The molecule has 0 unspecified atom stereocenters. The molecular weight excluding hydrogens is 374 g/mol. The minimum absolute atomic E-state index is 0.158. The molecule has 0 saturated carbocycles. The number of sulfonamides is 1. The maximum Gasteiger partial charge on any atom is 0.264 e. The summed E-state index contributed by atoms with van der Waals surface area (Å²) >= 11 is 0. The third-order valence-electron chi connectivity index (χ3n) is 5.09. The number of benzene rings is 2. The molecule has 28 heavy (non-hydrogen) atoms. The molecule has 3 rings (SSSR count). The van der Waals surface area contributed by atoms with Crippen molar-refractivity contribution in [2.24, 2.45) is 0 Å². The molecule has 0 aliphatic carbocycles. The second-order valence-corrected chi connectivity index (χ2v) is 8.94. The normalized spacial score (nSPS) is 15.9. The fourth-order valence-corrected chi connectivity index (χ4v) is 4.89. The lowest BCUT2D eigenvalue weighted by Gasteiger charge is -2.29. The van der Waals surface area contributed by atoms with Crippen LogP contribution in [0, 0.1) is 0 Å². The molecule has 2 aromatic rings. The van der Waals surface area contributed by atoms with E-state index in [2.05, 4.69) is 17.3 Å². The van der Waals surface area contributed by atoms with Crippen LogP contribution in [0.2, 0.25) is 0 Å². The van der Waals surface area contributed by atoms with Gasteiger partial charge in [-0.25, -0.2) is 8.42 Å². The van der Waals surface area contributed by atoms with Gasteiger partial charge in [0.25, 0.3) is 15.9 Å². The van der Waals surface area contributed by atoms with Crippen molar-refractivity contribution in [2.45, 2.75) is 30.7 Å². The summed E-state index contributed by atoms with van der Waals surface area (Å²) in [5, 5.41) is 3.05. The molecule has 6 nitrogen and oxygen atoms in total. The highest BCUT2D eigenvalue weighted by Gasteiger charge is 2.24. The summed E-state index contributed by atoms with van der Waals surface area (Å²) in [5.41, 5.74) is 1.09. The van der Waals surface area contributed by atoms with Gasteiger partial charge in [0.2, 0.25) is 0 Å². The molecule has 1 aliphatic rings. The summed E-state index contributed by atoms with van der Waals surface area (Å²) in [6.45, 7) is 4.06. The summed E-state index contributed by atoms with van der Waals surface area (Å²) in [4.78, 5) is 14.9. The third kappa shape index (κ3) is 4.54. The highest BCUT2D eigenvalue weighted by molar-refractivity contribution is 7.92. The van der Waals surface area contributed by atoms with Crippen molar-refractivity contribution in [2.75, 3.05) is 31.0 Å². The summed E-state index contributed by atoms with van der Waals surface area (Å²) in [6, 6.07) is 15.3. The monoisotopic (exact) mass is 401 g/mol. The van der Waals surface area contributed by atoms with Gasteiger partial charge in [0, 0.05) is 18.2 Å². The van der Waals surface area contributed by atoms with E-state index in [9.17, 15) is 13.2 Å². The fraction of sp³-hybridized carbons (Fsp3) is 0.381. The Morgan fingerprint density at radius 3 is 2.25 bits per heavy atom. The van der Waals surface area contributed by atoms with Crippen LogP contribution in [0.5, 0.6) is 0 Å². The van der Waals surface area contributed by atoms with Gasteiger partial charge in [-0.2, -0.15) is 0 Å². The van der Waals surface area contributed by atoms with E-state index < -0.39 is 10.0 Å². The Morgan fingerprint density at radius 2 is 1.68 bits per heavy atom. The highest BCUT2D eigenvalue weighted by Crippen LogP contribution is 2.23. The molecule has 2 aromatic carbocycles. The number of piperidine rings is 1. The average molecular weight is 402 g/mol. The van der Waals surface area contributed by atoms with Gasteiger partial charge in [-0.1, -0.05) is 18.2 Å². The van der Waals surface area contributed by atoms with Crippen LogP contribution in [0.15, 0.2) is 59.5 Å². The lowest BCUT2D eigenvalue weighted by atomic mass is 10.0. The summed E-state index contributed by atoms with van der Waals surface area (Å²) in [7, 11) is -1.61. The Hall–Kier alpha value is -2.38. The number of amides is 1. The first kappa shape index (κ1) is 20.4. The van der Waals surface area contributed by atoms with Crippen LogP contribution in [-0.4, -0.2) is 51.9 Å². The van der Waals surface area contributed by atoms with Crippen LogP contribution in [0.1, 0.15) is 30.1 Å². The zero-order valence-electron chi connectivity index (χ0n) is 16.3. The Morgan fingerprint density at radius 1 is 1.07 bits per heavy atom. The quantitative estimate of drug-likeness (QED) is 0.808. The van der Waals surface area contributed by atoms with Crippen LogP contribution in [0.25, 0.3) is 0 Å². The van der Waals surface area contributed by atoms with E-state index in [0.29, 0.717) is 17.8 Å². The van der Waals surface area contributed by atoms with E-state index in [1.54, 1.807) is 31.2 Å². The largest absolute Gasteiger partial charge is 0.349 e. The SMILES string of the molecule is CCN(c1ccccc1)S(=O)(=O)c1ccc(C(=O)NC2CCN(C)CC2)cc1. The molecule has 0 bridgehead atoms. The Kier molecular flexibility index (Phi) is 6.36. The van der Waals surface area contributed by atoms with Crippen molar-refractivity contribution in [3.05, 3.63) is 60.2 Å². The van der Waals surface area contributed by atoms with Crippen molar-refractivity contribution in [3.63, 3.8) is 0 Å². The van der Waals surface area contributed by atoms with Crippen molar-refractivity contribution < 1.29 is 13.2 Å². The van der Waals surface area contributed by atoms with E-state index in [-0.39, 0.29) is 16.8 Å². The zero-order valence-corrected chi connectivity index (χ0v) is 17.2. The lowest BCUT2D eigenvalue weighted by molar-refractivity contribution is 0.0916. The van der Waals surface area contributed by atoms with Crippen LogP contribution in [-0.2, 0) is 10.0 Å². The van der Waals surface area contributed by atoms with Crippen molar-refractivity contribution in [3.8, 4) is 0 Å². The van der Waals surface area contributed by atoms with E-state index in [1.165, 1.54) is 16.4 Å². The number of anilines is 1. The first-order valence-corrected chi connectivity index (χ1v) is 11.0. The van der Waals surface area contributed by atoms with Crippen LogP contribution >= 0.6 is 0 Å². The van der Waals surface area contributed by atoms with Crippen molar-refractivity contribution in [1.82, 2.24) is 10.2 Å². The van der Waals surface area contributed by atoms with Gasteiger partial charge in [-0.3, -0.25) is 9.10 Å². The molecule has 0 spiro atoms. The number of nitrogens with one attached hydrogen (secondary N) is 1. The molecule has 1 aliphatic heterocycles. The molecule has 1 saturated heterocycles. The Labute approximate surface area is 167 Å². The number of likely N-dealkylation sites (tertiary alicyclic amines) is 1. The smallest absolute Gasteiger partial charge is 0.264 e. The van der Waals surface area contributed by atoms with Gasteiger partial charge in [-0.15, -0.1) is 0 Å². The van der Waals surface area contributed by atoms with Gasteiger partial charge in [0.1, 0.15) is 0 Å². The van der Waals surface area contributed by atoms with Crippen LogP contribution in [0.3, 0.4) is 0 Å². The van der Waals surface area contributed by atoms with Gasteiger partial charge in [-0.05, 0) is 76.3 Å². The van der Waals surface area contributed by atoms with E-state index in [4.69, 9.17) is 0 Å². The number of para-hydroxylation sites is 1. The van der Waals surface area contributed by atoms with Crippen molar-refractivity contribution >= 4 is 21.6 Å². The second-order valence-electron chi connectivity index (χ2n) is 7.08. The number of carbonyl (C=O) groups is 1. The average Bonchev–Trinajstić information content (AvgIpc) is 2.71. The molecular formula is C21H27N3O3S. The second kappa shape index (κ2) is 8.75. The standard InChI is InChI=1S/C21H27N3O3S/c1-3-24(19-7-5-4-6-8-19)28(26,27)20-11-9-17(10-12-20)21(25)22-18-13-15-23(2)16-14-18/h4-12,18H,3,13-16H2,1-2H3,(H,22,25). The predicted octanol–water partition coefficient (Wildman–Crippen LogP) is 2.73. The molecule has 1 fully saturated rings. The fourth-order valence-electron chi connectivity index (χ4n) is 3.41. The summed E-state index contributed by atoms with van der Waals surface area (Å²) in [5.74, 6) is -0.158. The number of carbonyl (C=O) groups excluding carboxylic acids is 1. The molecule has 0 atom stereocenters. The van der Waals surface area contributed by atoms with E-state index in [1.807, 2.05) is 18.2 Å². The first-order valence-electron chi connectivity index (χ1n) is 9.59. The Bertz CT molecular complexity index is 890. The lowest BCUT2D eigenvalue weighted by Crippen LogP contribution is -2.43. The zero-order chi connectivity index (χ0) is 20.1. The van der Waals surface area contributed by atoms with Gasteiger partial charge in [0.15, 0.2) is 0 Å². The Balaban J connectivity index is 1.73. The molecule has 0 aromatic heterocycles. The van der Waals surface area contributed by atoms with E-state index >= 15 is 0 Å². The number of nitrogens with zero attached hydrogens (tertiary/aromatic N) is 2. The van der Waals surface area contributed by atoms with Crippen LogP contribution in [0.4, 0.5) is 5.69 Å². The number of hydrogen-bond donors (Lipinski definition) is 1. The highest BCUT2D eigenvalue weighted by atomic mass is 32.2. The van der Waals surface area contributed by atoms with E-state index in [0.717, 1.165) is 25.9 Å². The van der Waals surface area contributed by atoms with Gasteiger partial charge >= 0.3 is 0 Å². The molecule has 1 N–H and O–H groups in total.